The minimum absolute atomic E-state index is 0. The normalized spacial score (nSPS) is 9.00. The Morgan fingerprint density at radius 1 is 0.875 bits per heavy atom. The summed E-state index contributed by atoms with van der Waals surface area (Å²) in [7, 11) is 0. The van der Waals surface area contributed by atoms with E-state index in [2.05, 4.69) is 25.7 Å². The maximum atomic E-state index is 2.38. The minimum Gasteiger partial charge on any atom is -0.304 e. The third-order valence-corrected chi connectivity index (χ3v) is 1.34. The van der Waals surface area contributed by atoms with Gasteiger partial charge in [0.05, 0.1) is 0 Å². The highest BCUT2D eigenvalue weighted by molar-refractivity contribution is 7.59. The quantitative estimate of drug-likeness (QED) is 0.566. The predicted molar refractivity (Wildman–Crippen MR) is 43.8 cm³/mol. The molecule has 8 heavy (non-hydrogen) atoms. The van der Waals surface area contributed by atoms with Gasteiger partial charge < -0.3 is 4.90 Å². The van der Waals surface area contributed by atoms with Gasteiger partial charge in [-0.25, -0.2) is 0 Å². The zero-order valence-electron chi connectivity index (χ0n) is 6.07. The second kappa shape index (κ2) is 7.31. The second-order valence-corrected chi connectivity index (χ2v) is 1.62. The second-order valence-electron chi connectivity index (χ2n) is 1.62. The molecule has 0 heterocycles. The van der Waals surface area contributed by atoms with Gasteiger partial charge in [-0.1, -0.05) is 20.8 Å². The van der Waals surface area contributed by atoms with Crippen molar-refractivity contribution in [3.05, 3.63) is 0 Å². The summed E-state index contributed by atoms with van der Waals surface area (Å²) >= 11 is 0. The van der Waals surface area contributed by atoms with Crippen molar-refractivity contribution >= 4 is 13.5 Å². The van der Waals surface area contributed by atoms with E-state index < -0.39 is 0 Å². The van der Waals surface area contributed by atoms with Gasteiger partial charge in [-0.2, -0.15) is 13.5 Å². The summed E-state index contributed by atoms with van der Waals surface area (Å²) < 4.78 is 0. The fourth-order valence-electron chi connectivity index (χ4n) is 0.671. The van der Waals surface area contributed by atoms with Crippen LogP contribution in [-0.2, 0) is 0 Å². The molecule has 0 aromatic carbocycles. The van der Waals surface area contributed by atoms with E-state index in [4.69, 9.17) is 0 Å². The van der Waals surface area contributed by atoms with E-state index in [1.54, 1.807) is 0 Å². The van der Waals surface area contributed by atoms with E-state index >= 15 is 0 Å². The first-order chi connectivity index (χ1) is 3.35. The van der Waals surface area contributed by atoms with Crippen molar-refractivity contribution < 1.29 is 0 Å². The molecule has 0 radical (unpaired) electrons. The molecule has 1 nitrogen and oxygen atoms in total. The average Bonchev–Trinajstić information content (AvgIpc) is 1.72. The molecule has 0 saturated carbocycles. The van der Waals surface area contributed by atoms with Crippen molar-refractivity contribution in [3.8, 4) is 0 Å². The first kappa shape index (κ1) is 11.2. The maximum Gasteiger partial charge on any atom is -0.00474 e. The van der Waals surface area contributed by atoms with Gasteiger partial charge in [0.2, 0.25) is 0 Å². The van der Waals surface area contributed by atoms with E-state index in [0.717, 1.165) is 0 Å². The Kier molecular flexibility index (Phi) is 10.2. The van der Waals surface area contributed by atoms with Crippen molar-refractivity contribution in [2.24, 2.45) is 0 Å². The monoisotopic (exact) mass is 135 g/mol. The van der Waals surface area contributed by atoms with Crippen LogP contribution in [0.2, 0.25) is 0 Å². The SMILES string of the molecule is CCN(CC)CC.S. The van der Waals surface area contributed by atoms with E-state index in [1.807, 2.05) is 0 Å². The summed E-state index contributed by atoms with van der Waals surface area (Å²) in [5.74, 6) is 0. The van der Waals surface area contributed by atoms with E-state index in [0.29, 0.717) is 0 Å². The van der Waals surface area contributed by atoms with E-state index in [1.165, 1.54) is 19.6 Å². The predicted octanol–water partition coefficient (Wildman–Crippen LogP) is 1.46. The number of nitrogens with zero attached hydrogens (tertiary/aromatic N) is 1. The number of hydrogen-bond donors (Lipinski definition) is 0. The third-order valence-electron chi connectivity index (χ3n) is 1.34. The van der Waals surface area contributed by atoms with Crippen LogP contribution in [0.5, 0.6) is 0 Å². The van der Waals surface area contributed by atoms with Crippen molar-refractivity contribution in [2.75, 3.05) is 19.6 Å². The molecule has 0 atom stereocenters. The molecular formula is C6H17NS. The summed E-state index contributed by atoms with van der Waals surface area (Å²) in [6.07, 6.45) is 0. The fourth-order valence-corrected chi connectivity index (χ4v) is 0.671. The molecule has 0 aliphatic rings. The first-order valence-corrected chi connectivity index (χ1v) is 3.07. The molecule has 0 aromatic heterocycles. The Bertz CT molecular complexity index is 30.0. The molecule has 0 N–H and O–H groups in total. The highest BCUT2D eigenvalue weighted by Gasteiger charge is 1.89. The minimum atomic E-state index is 0. The summed E-state index contributed by atoms with van der Waals surface area (Å²) in [6.45, 7) is 10.1. The average molecular weight is 135 g/mol. The lowest BCUT2D eigenvalue weighted by molar-refractivity contribution is 0.321. The van der Waals surface area contributed by atoms with Crippen LogP contribution in [-0.4, -0.2) is 24.5 Å². The Hall–Kier alpha value is 0.310. The van der Waals surface area contributed by atoms with E-state index in [9.17, 15) is 0 Å². The first-order valence-electron chi connectivity index (χ1n) is 3.07. The molecule has 0 saturated heterocycles. The summed E-state index contributed by atoms with van der Waals surface area (Å²) in [5, 5.41) is 0. The standard InChI is InChI=1S/C6H15N.H2S/c1-4-7(5-2)6-3;/h4-6H2,1-3H3;1H2. The van der Waals surface area contributed by atoms with Crippen LogP contribution >= 0.6 is 13.5 Å². The molecule has 52 valence electrons. The zero-order valence-corrected chi connectivity index (χ0v) is 7.07. The lowest BCUT2D eigenvalue weighted by Gasteiger charge is -2.13. The summed E-state index contributed by atoms with van der Waals surface area (Å²) in [4.78, 5) is 2.38. The molecule has 0 fully saturated rings. The van der Waals surface area contributed by atoms with Crippen LogP contribution in [0.15, 0.2) is 0 Å². The maximum absolute atomic E-state index is 2.38. The van der Waals surface area contributed by atoms with Gasteiger partial charge in [-0.3, -0.25) is 0 Å². The topological polar surface area (TPSA) is 3.24 Å². The van der Waals surface area contributed by atoms with Crippen LogP contribution < -0.4 is 0 Å². The molecule has 0 bridgehead atoms. The molecule has 0 rings (SSSR count). The van der Waals surface area contributed by atoms with Crippen molar-refractivity contribution in [1.82, 2.24) is 4.90 Å². The van der Waals surface area contributed by atoms with Gasteiger partial charge in [-0.05, 0) is 19.6 Å². The van der Waals surface area contributed by atoms with Gasteiger partial charge in [0, 0.05) is 0 Å². The van der Waals surface area contributed by atoms with Crippen molar-refractivity contribution in [1.29, 1.82) is 0 Å². The van der Waals surface area contributed by atoms with Gasteiger partial charge in [0.1, 0.15) is 0 Å². The van der Waals surface area contributed by atoms with E-state index in [-0.39, 0.29) is 13.5 Å². The zero-order chi connectivity index (χ0) is 5.70. The lowest BCUT2D eigenvalue weighted by Crippen LogP contribution is -2.21. The largest absolute Gasteiger partial charge is 0.304 e. The Labute approximate surface area is 59.5 Å². The smallest absolute Gasteiger partial charge is 0.00474 e. The number of rotatable bonds is 3. The third kappa shape index (κ3) is 4.47. The van der Waals surface area contributed by atoms with Crippen LogP contribution in [0.1, 0.15) is 20.8 Å². The lowest BCUT2D eigenvalue weighted by atomic mass is 10.5. The molecule has 0 unspecified atom stereocenters. The van der Waals surface area contributed by atoms with Crippen LogP contribution in [0.4, 0.5) is 0 Å². The fraction of sp³-hybridized carbons (Fsp3) is 1.00. The highest BCUT2D eigenvalue weighted by atomic mass is 32.1. The van der Waals surface area contributed by atoms with Gasteiger partial charge in [0.25, 0.3) is 0 Å². The van der Waals surface area contributed by atoms with Gasteiger partial charge >= 0.3 is 0 Å². The Balaban J connectivity index is 0. The molecule has 0 aromatic rings. The van der Waals surface area contributed by atoms with Crippen LogP contribution in [0.25, 0.3) is 0 Å². The van der Waals surface area contributed by atoms with Crippen molar-refractivity contribution in [2.45, 2.75) is 20.8 Å². The summed E-state index contributed by atoms with van der Waals surface area (Å²) in [6, 6.07) is 0. The highest BCUT2D eigenvalue weighted by Crippen LogP contribution is 1.81. The van der Waals surface area contributed by atoms with Crippen molar-refractivity contribution in [3.63, 3.8) is 0 Å². The molecule has 0 spiro atoms. The molecular weight excluding hydrogens is 118 g/mol. The van der Waals surface area contributed by atoms with Gasteiger partial charge in [-0.15, -0.1) is 0 Å². The molecule has 0 aliphatic heterocycles. The van der Waals surface area contributed by atoms with Gasteiger partial charge in [0.15, 0.2) is 0 Å². The summed E-state index contributed by atoms with van der Waals surface area (Å²) in [5.41, 5.74) is 0. The van der Waals surface area contributed by atoms with Crippen LogP contribution in [0.3, 0.4) is 0 Å². The Morgan fingerprint density at radius 2 is 1.12 bits per heavy atom. The number of hydrogen-bond acceptors (Lipinski definition) is 1. The molecule has 0 aliphatic carbocycles. The van der Waals surface area contributed by atoms with Crippen LogP contribution in [0, 0.1) is 0 Å². The Morgan fingerprint density at radius 3 is 1.12 bits per heavy atom. The molecule has 0 amide bonds. The molecule has 2 heteroatoms.